The number of aromatic nitrogens is 5. The summed E-state index contributed by atoms with van der Waals surface area (Å²) in [5, 5.41) is 13.6. The van der Waals surface area contributed by atoms with Gasteiger partial charge < -0.3 is 10.2 Å². The molecule has 0 saturated carbocycles. The van der Waals surface area contributed by atoms with E-state index in [4.69, 9.17) is 0 Å². The fourth-order valence-corrected chi connectivity index (χ4v) is 3.78. The smallest absolute Gasteiger partial charge is 0.274 e. The molecule has 26 heavy (non-hydrogen) atoms. The third-order valence-corrected chi connectivity index (χ3v) is 4.99. The van der Waals surface area contributed by atoms with Crippen LogP contribution in [-0.4, -0.2) is 42.5 Å². The standard InChI is InChI=1S/C17H17N7OS/c25-16(12-4-3-6-20-23-12)24-9-2-1-5-14(24)13-11-26-17(21-13)22-15-10-18-7-8-19-15/h3-4,6-8,10-11,14H,1-2,5,9H2,(H,19,21,22). The van der Waals surface area contributed by atoms with E-state index in [2.05, 4.69) is 30.5 Å². The molecule has 1 unspecified atom stereocenters. The average molecular weight is 367 g/mol. The fourth-order valence-electron chi connectivity index (χ4n) is 3.01. The molecular weight excluding hydrogens is 350 g/mol. The number of carbonyl (C=O) groups is 1. The maximum absolute atomic E-state index is 12.8. The van der Waals surface area contributed by atoms with Gasteiger partial charge in [0.25, 0.3) is 5.91 Å². The maximum atomic E-state index is 12.8. The van der Waals surface area contributed by atoms with Gasteiger partial charge in [0, 0.05) is 30.5 Å². The van der Waals surface area contributed by atoms with Crippen LogP contribution in [-0.2, 0) is 0 Å². The Hall–Kier alpha value is -2.94. The van der Waals surface area contributed by atoms with E-state index in [-0.39, 0.29) is 11.9 Å². The van der Waals surface area contributed by atoms with Crippen LogP contribution in [0.1, 0.15) is 41.5 Å². The third kappa shape index (κ3) is 3.52. The molecular formula is C17H17N7OS. The Labute approximate surface area is 154 Å². The van der Waals surface area contributed by atoms with Crippen LogP contribution in [0, 0.1) is 0 Å². The van der Waals surface area contributed by atoms with Crippen molar-refractivity contribution in [3.63, 3.8) is 0 Å². The van der Waals surface area contributed by atoms with Crippen molar-refractivity contribution >= 4 is 28.2 Å². The largest absolute Gasteiger partial charge is 0.329 e. The lowest BCUT2D eigenvalue weighted by Crippen LogP contribution is -2.39. The number of carbonyl (C=O) groups excluding carboxylic acids is 1. The summed E-state index contributed by atoms with van der Waals surface area (Å²) in [6.07, 6.45) is 9.40. The zero-order valence-electron chi connectivity index (χ0n) is 13.9. The lowest BCUT2D eigenvalue weighted by molar-refractivity contribution is 0.0599. The van der Waals surface area contributed by atoms with Crippen LogP contribution in [0.15, 0.2) is 42.3 Å². The Morgan fingerprint density at radius 3 is 3.04 bits per heavy atom. The van der Waals surface area contributed by atoms with Crippen molar-refractivity contribution in [3.05, 3.63) is 53.7 Å². The third-order valence-electron chi connectivity index (χ3n) is 4.22. The molecule has 1 fully saturated rings. The lowest BCUT2D eigenvalue weighted by Gasteiger charge is -2.34. The predicted molar refractivity (Wildman–Crippen MR) is 97.1 cm³/mol. The summed E-state index contributed by atoms with van der Waals surface area (Å²) in [7, 11) is 0. The van der Waals surface area contributed by atoms with Crippen LogP contribution < -0.4 is 5.32 Å². The summed E-state index contributed by atoms with van der Waals surface area (Å²) in [5.74, 6) is 0.545. The normalized spacial score (nSPS) is 17.1. The molecule has 4 heterocycles. The van der Waals surface area contributed by atoms with Gasteiger partial charge in [-0.1, -0.05) is 0 Å². The molecule has 1 amide bonds. The fraction of sp³-hybridized carbons (Fsp3) is 0.294. The van der Waals surface area contributed by atoms with Gasteiger partial charge in [0.15, 0.2) is 16.6 Å². The minimum atomic E-state index is -0.0979. The monoisotopic (exact) mass is 367 g/mol. The number of nitrogens with zero attached hydrogens (tertiary/aromatic N) is 6. The molecule has 1 aliphatic heterocycles. The first-order chi connectivity index (χ1) is 12.8. The first kappa shape index (κ1) is 16.5. The average Bonchev–Trinajstić information content (AvgIpc) is 3.17. The van der Waals surface area contributed by atoms with Crippen molar-refractivity contribution in [3.8, 4) is 0 Å². The van der Waals surface area contributed by atoms with Crippen LogP contribution in [0.5, 0.6) is 0 Å². The van der Waals surface area contributed by atoms with Gasteiger partial charge in [0.05, 0.1) is 17.9 Å². The molecule has 1 atom stereocenters. The quantitative estimate of drug-likeness (QED) is 0.757. The molecule has 9 heteroatoms. The highest BCUT2D eigenvalue weighted by Crippen LogP contribution is 2.34. The molecule has 4 rings (SSSR count). The SMILES string of the molecule is O=C(c1cccnn1)N1CCCCC1c1csc(Nc2cnccn2)n1. The van der Waals surface area contributed by atoms with Gasteiger partial charge >= 0.3 is 0 Å². The molecule has 0 radical (unpaired) electrons. The molecule has 0 bridgehead atoms. The second kappa shape index (κ2) is 7.52. The van der Waals surface area contributed by atoms with Crippen molar-refractivity contribution < 1.29 is 4.79 Å². The summed E-state index contributed by atoms with van der Waals surface area (Å²) in [6.45, 7) is 0.699. The highest BCUT2D eigenvalue weighted by molar-refractivity contribution is 7.13. The number of hydrogen-bond donors (Lipinski definition) is 1. The lowest BCUT2D eigenvalue weighted by atomic mass is 9.99. The molecule has 1 N–H and O–H groups in total. The summed E-state index contributed by atoms with van der Waals surface area (Å²) in [5.41, 5.74) is 1.26. The van der Waals surface area contributed by atoms with Crippen LogP contribution in [0.25, 0.3) is 0 Å². The van der Waals surface area contributed by atoms with Crippen molar-refractivity contribution in [2.24, 2.45) is 0 Å². The van der Waals surface area contributed by atoms with Crippen molar-refractivity contribution in [1.29, 1.82) is 0 Å². The van der Waals surface area contributed by atoms with Gasteiger partial charge in [-0.05, 0) is 31.4 Å². The van der Waals surface area contributed by atoms with E-state index in [9.17, 15) is 4.79 Å². The van der Waals surface area contributed by atoms with Crippen LogP contribution in [0.4, 0.5) is 10.9 Å². The number of nitrogens with one attached hydrogen (secondary N) is 1. The van der Waals surface area contributed by atoms with Crippen molar-refractivity contribution in [1.82, 2.24) is 30.0 Å². The van der Waals surface area contributed by atoms with Crippen molar-refractivity contribution in [2.45, 2.75) is 25.3 Å². The summed E-state index contributed by atoms with van der Waals surface area (Å²) in [4.78, 5) is 27.6. The van der Waals surface area contributed by atoms with Crippen LogP contribution in [0.2, 0.25) is 0 Å². The number of anilines is 2. The Morgan fingerprint density at radius 1 is 1.27 bits per heavy atom. The van der Waals surface area contributed by atoms with Gasteiger partial charge in [0.1, 0.15) is 0 Å². The highest BCUT2D eigenvalue weighted by Gasteiger charge is 2.31. The molecule has 0 aliphatic carbocycles. The van der Waals surface area contributed by atoms with Crippen LogP contribution in [0.3, 0.4) is 0 Å². The molecule has 1 saturated heterocycles. The Kier molecular flexibility index (Phi) is 4.78. The molecule has 3 aromatic rings. The second-order valence-corrected chi connectivity index (χ2v) is 6.77. The molecule has 8 nitrogen and oxygen atoms in total. The van der Waals surface area contributed by atoms with E-state index < -0.39 is 0 Å². The number of likely N-dealkylation sites (tertiary alicyclic amines) is 1. The number of rotatable bonds is 4. The first-order valence-electron chi connectivity index (χ1n) is 8.38. The first-order valence-corrected chi connectivity index (χ1v) is 9.26. The van der Waals surface area contributed by atoms with E-state index >= 15 is 0 Å². The van der Waals surface area contributed by atoms with E-state index in [1.807, 2.05) is 10.3 Å². The second-order valence-electron chi connectivity index (χ2n) is 5.91. The zero-order valence-corrected chi connectivity index (χ0v) is 14.8. The number of amides is 1. The van der Waals surface area contributed by atoms with E-state index in [0.29, 0.717) is 18.1 Å². The predicted octanol–water partition coefficient (Wildman–Crippen LogP) is 2.83. The van der Waals surface area contributed by atoms with Gasteiger partial charge in [0.2, 0.25) is 0 Å². The number of piperidine rings is 1. The van der Waals surface area contributed by atoms with E-state index in [1.165, 1.54) is 11.3 Å². The van der Waals surface area contributed by atoms with Gasteiger partial charge in [-0.15, -0.1) is 16.4 Å². The topological polar surface area (TPSA) is 96.8 Å². The summed E-state index contributed by atoms with van der Waals surface area (Å²) < 4.78 is 0. The minimum Gasteiger partial charge on any atom is -0.329 e. The van der Waals surface area contributed by atoms with E-state index in [1.54, 1.807) is 36.9 Å². The van der Waals surface area contributed by atoms with Gasteiger partial charge in [-0.2, -0.15) is 5.10 Å². The highest BCUT2D eigenvalue weighted by atomic mass is 32.1. The maximum Gasteiger partial charge on any atom is 0.274 e. The Balaban J connectivity index is 1.54. The minimum absolute atomic E-state index is 0.0492. The summed E-state index contributed by atoms with van der Waals surface area (Å²) >= 11 is 1.49. The molecule has 132 valence electrons. The van der Waals surface area contributed by atoms with Gasteiger partial charge in [-0.3, -0.25) is 9.78 Å². The summed E-state index contributed by atoms with van der Waals surface area (Å²) in [6, 6.07) is 3.38. The molecule has 1 aliphatic rings. The Bertz CT molecular complexity index is 871. The molecule has 0 spiro atoms. The van der Waals surface area contributed by atoms with Crippen LogP contribution >= 0.6 is 11.3 Å². The zero-order chi connectivity index (χ0) is 17.8. The molecule has 3 aromatic heterocycles. The number of hydrogen-bond acceptors (Lipinski definition) is 8. The molecule has 0 aromatic carbocycles. The van der Waals surface area contributed by atoms with E-state index in [0.717, 1.165) is 30.1 Å². The number of thiazole rings is 1. The van der Waals surface area contributed by atoms with Crippen molar-refractivity contribution in [2.75, 3.05) is 11.9 Å². The van der Waals surface area contributed by atoms with Gasteiger partial charge in [-0.25, -0.2) is 9.97 Å². The Morgan fingerprint density at radius 2 is 2.23 bits per heavy atom.